The van der Waals surface area contributed by atoms with Crippen molar-refractivity contribution >= 4 is 34.0 Å². The quantitative estimate of drug-likeness (QED) is 0.515. The lowest BCUT2D eigenvalue weighted by molar-refractivity contribution is -0.122. The van der Waals surface area contributed by atoms with E-state index in [0.29, 0.717) is 29.6 Å². The first kappa shape index (κ1) is 24.8. The van der Waals surface area contributed by atoms with Crippen LogP contribution >= 0.6 is 0 Å². The van der Waals surface area contributed by atoms with Crippen LogP contribution in [0.25, 0.3) is 22.4 Å². The van der Waals surface area contributed by atoms with E-state index in [1.165, 1.54) is 0 Å². The number of anilines is 1. The molecule has 3 fully saturated rings. The van der Waals surface area contributed by atoms with Crippen molar-refractivity contribution in [1.82, 2.24) is 15.6 Å². The van der Waals surface area contributed by atoms with Gasteiger partial charge < -0.3 is 20.7 Å². The highest BCUT2D eigenvalue weighted by atomic mass is 19.4. The molecule has 6 nitrogen and oxygen atoms in total. The van der Waals surface area contributed by atoms with Gasteiger partial charge in [0, 0.05) is 28.9 Å². The van der Waals surface area contributed by atoms with Crippen LogP contribution in [-0.4, -0.2) is 55.0 Å². The number of halogens is 3. The van der Waals surface area contributed by atoms with Gasteiger partial charge in [-0.25, -0.2) is 4.98 Å². The second kappa shape index (κ2) is 9.86. The van der Waals surface area contributed by atoms with Crippen molar-refractivity contribution in [3.63, 3.8) is 0 Å². The molecule has 2 saturated heterocycles. The highest BCUT2D eigenvalue weighted by Gasteiger charge is 2.41. The van der Waals surface area contributed by atoms with Gasteiger partial charge in [0.25, 0.3) is 0 Å². The summed E-state index contributed by atoms with van der Waals surface area (Å²) in [4.78, 5) is 16.1. The number of piperidine rings is 1. The van der Waals surface area contributed by atoms with Gasteiger partial charge in [-0.05, 0) is 63.4 Å². The van der Waals surface area contributed by atoms with Gasteiger partial charge in [-0.15, -0.1) is 0 Å². The number of alkyl halides is 3. The number of aromatic nitrogens is 1. The number of rotatable bonds is 7. The molecule has 1 atom stereocenters. The van der Waals surface area contributed by atoms with Gasteiger partial charge in [0.15, 0.2) is 0 Å². The van der Waals surface area contributed by atoms with E-state index in [4.69, 9.17) is 4.74 Å². The maximum absolute atomic E-state index is 13.7. The Bertz CT molecular complexity index is 1180. The van der Waals surface area contributed by atoms with Gasteiger partial charge in [-0.2, -0.15) is 13.2 Å². The fraction of sp³-hybridized carbons (Fsp3) is 0.481. The Morgan fingerprint density at radius 2 is 2.03 bits per heavy atom. The SMILES string of the molecule is C=C(c1nc(/C=C/CNC(=O)C2CC2)cc2c(NC3COC4(CCNCC4)C3)cccc12)C(F)(F)F. The molecule has 36 heavy (non-hydrogen) atoms. The number of benzene rings is 1. The van der Waals surface area contributed by atoms with E-state index in [1.54, 1.807) is 30.4 Å². The molecule has 3 heterocycles. The summed E-state index contributed by atoms with van der Waals surface area (Å²) < 4.78 is 47.2. The first-order valence-corrected chi connectivity index (χ1v) is 12.5. The van der Waals surface area contributed by atoms with E-state index >= 15 is 0 Å². The second-order valence-electron chi connectivity index (χ2n) is 9.98. The zero-order valence-electron chi connectivity index (χ0n) is 20.1. The van der Waals surface area contributed by atoms with Crippen molar-refractivity contribution in [3.05, 3.63) is 48.3 Å². The summed E-state index contributed by atoms with van der Waals surface area (Å²) in [7, 11) is 0. The molecule has 1 aliphatic carbocycles. The Balaban J connectivity index is 1.43. The highest BCUT2D eigenvalue weighted by molar-refractivity contribution is 6.00. The summed E-state index contributed by atoms with van der Waals surface area (Å²) in [5.74, 6) is 0.102. The van der Waals surface area contributed by atoms with E-state index in [1.807, 2.05) is 6.07 Å². The third-order valence-electron chi connectivity index (χ3n) is 7.24. The number of nitrogens with zero attached hydrogens (tertiary/aromatic N) is 1. The molecule has 1 unspecified atom stereocenters. The van der Waals surface area contributed by atoms with Gasteiger partial charge in [0.1, 0.15) is 0 Å². The van der Waals surface area contributed by atoms with E-state index in [9.17, 15) is 18.0 Å². The molecular formula is C27H31F3N4O2. The standard InChI is InChI=1S/C27H31F3N4O2/c1-17(27(28,29)30)24-21-5-2-6-23(33-20-15-26(36-16-20)9-12-31-13-10-26)22(21)14-19(34-24)4-3-11-32-25(35)18-7-8-18/h2-6,14,18,20,31,33H,1,7-13,15-16H2,(H,32,35)/b4-3+. The molecule has 2 aliphatic heterocycles. The van der Waals surface area contributed by atoms with Crippen LogP contribution in [0.15, 0.2) is 36.9 Å². The van der Waals surface area contributed by atoms with E-state index in [-0.39, 0.29) is 29.2 Å². The second-order valence-corrected chi connectivity index (χ2v) is 9.98. The molecule has 0 bridgehead atoms. The predicted octanol–water partition coefficient (Wildman–Crippen LogP) is 4.67. The average molecular weight is 501 g/mol. The summed E-state index contributed by atoms with van der Waals surface area (Å²) in [5.41, 5.74) is -0.204. The Morgan fingerprint density at radius 3 is 2.75 bits per heavy atom. The van der Waals surface area contributed by atoms with E-state index in [0.717, 1.165) is 50.9 Å². The average Bonchev–Trinajstić information content (AvgIpc) is 3.64. The van der Waals surface area contributed by atoms with Gasteiger partial charge in [-0.3, -0.25) is 4.79 Å². The Kier molecular flexibility index (Phi) is 6.78. The monoisotopic (exact) mass is 500 g/mol. The fourth-order valence-corrected chi connectivity index (χ4v) is 5.09. The van der Waals surface area contributed by atoms with Crippen LogP contribution in [0.3, 0.4) is 0 Å². The molecular weight excluding hydrogens is 469 g/mol. The van der Waals surface area contributed by atoms with Crippen LogP contribution < -0.4 is 16.0 Å². The number of allylic oxidation sites excluding steroid dienone is 1. The van der Waals surface area contributed by atoms with Gasteiger partial charge in [0.2, 0.25) is 5.91 Å². The highest BCUT2D eigenvalue weighted by Crippen LogP contribution is 2.39. The van der Waals surface area contributed by atoms with Crippen LogP contribution in [0.4, 0.5) is 18.9 Å². The third-order valence-corrected chi connectivity index (χ3v) is 7.24. The molecule has 1 aromatic carbocycles. The topological polar surface area (TPSA) is 75.3 Å². The lowest BCUT2D eigenvalue weighted by atomic mass is 9.88. The minimum absolute atomic E-state index is 0.00838. The first-order valence-electron chi connectivity index (χ1n) is 12.5. The number of fused-ring (bicyclic) bond motifs is 1. The number of amides is 1. The largest absolute Gasteiger partial charge is 0.417 e. The zero-order chi connectivity index (χ0) is 25.3. The number of hydrogen-bond donors (Lipinski definition) is 3. The van der Waals surface area contributed by atoms with Crippen molar-refractivity contribution in [1.29, 1.82) is 0 Å². The molecule has 192 valence electrons. The van der Waals surface area contributed by atoms with E-state index < -0.39 is 11.7 Å². The number of nitrogens with one attached hydrogen (secondary N) is 3. The van der Waals surface area contributed by atoms with Crippen molar-refractivity contribution in [2.75, 3.05) is 31.6 Å². The van der Waals surface area contributed by atoms with Crippen LogP contribution in [0.1, 0.15) is 43.5 Å². The van der Waals surface area contributed by atoms with Crippen LogP contribution in [0.5, 0.6) is 0 Å². The molecule has 2 aromatic rings. The van der Waals surface area contributed by atoms with Gasteiger partial charge in [0.05, 0.1) is 35.2 Å². The van der Waals surface area contributed by atoms with Crippen molar-refractivity contribution in [2.24, 2.45) is 5.92 Å². The van der Waals surface area contributed by atoms with Crippen LogP contribution in [-0.2, 0) is 9.53 Å². The Labute approximate surface area is 208 Å². The lowest BCUT2D eigenvalue weighted by Crippen LogP contribution is -2.41. The van der Waals surface area contributed by atoms with Crippen molar-refractivity contribution in [2.45, 2.75) is 49.9 Å². The maximum Gasteiger partial charge on any atom is 0.417 e. The molecule has 5 rings (SSSR count). The molecule has 1 saturated carbocycles. The van der Waals surface area contributed by atoms with Gasteiger partial charge in [-0.1, -0.05) is 24.8 Å². The maximum atomic E-state index is 13.7. The Hall–Kier alpha value is -2.91. The summed E-state index contributed by atoms with van der Waals surface area (Å²) in [6.07, 6.45) is 3.31. The number of hydrogen-bond acceptors (Lipinski definition) is 5. The van der Waals surface area contributed by atoms with Gasteiger partial charge >= 0.3 is 6.18 Å². The molecule has 3 N–H and O–H groups in total. The molecule has 1 aromatic heterocycles. The Morgan fingerprint density at radius 1 is 1.25 bits per heavy atom. The number of pyridine rings is 1. The summed E-state index contributed by atoms with van der Waals surface area (Å²) in [6.45, 7) is 6.00. The first-order chi connectivity index (χ1) is 17.2. The lowest BCUT2D eigenvalue weighted by Gasteiger charge is -2.33. The van der Waals surface area contributed by atoms with Crippen molar-refractivity contribution in [3.8, 4) is 0 Å². The normalized spacial score (nSPS) is 21.8. The van der Waals surface area contributed by atoms with E-state index in [2.05, 4.69) is 27.5 Å². The third kappa shape index (κ3) is 5.42. The number of ether oxygens (including phenoxy) is 1. The van der Waals surface area contributed by atoms with Crippen molar-refractivity contribution < 1.29 is 22.7 Å². The number of carbonyl (C=O) groups is 1. The summed E-state index contributed by atoms with van der Waals surface area (Å²) >= 11 is 0. The predicted molar refractivity (Wildman–Crippen MR) is 134 cm³/mol. The molecule has 1 spiro atoms. The minimum Gasteiger partial charge on any atom is -0.379 e. The zero-order valence-corrected chi connectivity index (χ0v) is 20.1. The molecule has 9 heteroatoms. The fourth-order valence-electron chi connectivity index (χ4n) is 5.09. The van der Waals surface area contributed by atoms with Crippen LogP contribution in [0.2, 0.25) is 0 Å². The smallest absolute Gasteiger partial charge is 0.379 e. The molecule has 0 radical (unpaired) electrons. The molecule has 1 amide bonds. The minimum atomic E-state index is -4.61. The summed E-state index contributed by atoms with van der Waals surface area (Å²) in [5, 5.41) is 10.7. The molecule has 3 aliphatic rings. The number of carbonyl (C=O) groups excluding carboxylic acids is 1. The van der Waals surface area contributed by atoms with Crippen LogP contribution in [0, 0.1) is 5.92 Å². The summed E-state index contributed by atoms with van der Waals surface area (Å²) in [6, 6.07) is 7.09.